The fourth-order valence-electron chi connectivity index (χ4n) is 1.96. The average Bonchev–Trinajstić information content (AvgIpc) is 2.13. The van der Waals surface area contributed by atoms with Crippen LogP contribution in [0, 0.1) is 12.8 Å². The summed E-state index contributed by atoms with van der Waals surface area (Å²) in [5, 5.41) is 12.3. The minimum absolute atomic E-state index is 0.0809. The zero-order valence-electron chi connectivity index (χ0n) is 9.03. The highest BCUT2D eigenvalue weighted by atomic mass is 79.9. The minimum Gasteiger partial charge on any atom is -0.481 e. The fourth-order valence-corrected chi connectivity index (χ4v) is 2.43. The molecule has 0 radical (unpaired) electrons. The van der Waals surface area contributed by atoms with Gasteiger partial charge in [0, 0.05) is 16.2 Å². The molecule has 0 amide bonds. The standard InChI is InChI=1S/C12H14BrNO2/c1-7-6-8(13)2-4-10(7)14-11-5-3-9(11)12(15)16/h2,4,6,9,11,14H,3,5H2,1H3,(H,15,16). The maximum atomic E-state index is 10.9. The number of hydrogen-bond donors (Lipinski definition) is 2. The molecular weight excluding hydrogens is 270 g/mol. The first kappa shape index (κ1) is 11.5. The van der Waals surface area contributed by atoms with Crippen LogP contribution in [0.2, 0.25) is 0 Å². The van der Waals surface area contributed by atoms with Crippen LogP contribution >= 0.6 is 15.9 Å². The van der Waals surface area contributed by atoms with Gasteiger partial charge in [-0.25, -0.2) is 0 Å². The second kappa shape index (κ2) is 4.45. The molecule has 0 spiro atoms. The van der Waals surface area contributed by atoms with E-state index in [9.17, 15) is 4.79 Å². The molecule has 86 valence electrons. The molecular formula is C12H14BrNO2. The van der Waals surface area contributed by atoms with E-state index in [0.29, 0.717) is 0 Å². The number of carboxylic acid groups (broad SMARTS) is 1. The van der Waals surface area contributed by atoms with Crippen LogP contribution in [0.15, 0.2) is 22.7 Å². The number of aliphatic carboxylic acids is 1. The highest BCUT2D eigenvalue weighted by molar-refractivity contribution is 9.10. The van der Waals surface area contributed by atoms with Crippen LogP contribution in [0.4, 0.5) is 5.69 Å². The summed E-state index contributed by atoms with van der Waals surface area (Å²) in [6.45, 7) is 2.02. The van der Waals surface area contributed by atoms with E-state index in [4.69, 9.17) is 5.11 Å². The van der Waals surface area contributed by atoms with Crippen LogP contribution in [0.1, 0.15) is 18.4 Å². The molecule has 0 heterocycles. The molecule has 1 aliphatic carbocycles. The summed E-state index contributed by atoms with van der Waals surface area (Å²) in [6.07, 6.45) is 1.72. The van der Waals surface area contributed by atoms with Crippen LogP contribution in [-0.2, 0) is 4.79 Å². The summed E-state index contributed by atoms with van der Waals surface area (Å²) in [5.41, 5.74) is 2.16. The van der Waals surface area contributed by atoms with Gasteiger partial charge in [-0.2, -0.15) is 0 Å². The Kier molecular flexibility index (Phi) is 3.19. The van der Waals surface area contributed by atoms with E-state index in [-0.39, 0.29) is 12.0 Å². The maximum absolute atomic E-state index is 10.9. The lowest BCUT2D eigenvalue weighted by atomic mass is 9.79. The van der Waals surface area contributed by atoms with Crippen molar-refractivity contribution in [3.63, 3.8) is 0 Å². The summed E-state index contributed by atoms with van der Waals surface area (Å²) in [7, 11) is 0. The lowest BCUT2D eigenvalue weighted by Crippen LogP contribution is -2.43. The van der Waals surface area contributed by atoms with Crippen molar-refractivity contribution >= 4 is 27.6 Å². The number of benzene rings is 1. The number of halogens is 1. The number of nitrogens with one attached hydrogen (secondary N) is 1. The van der Waals surface area contributed by atoms with Gasteiger partial charge in [-0.3, -0.25) is 4.79 Å². The third-order valence-electron chi connectivity index (χ3n) is 3.12. The van der Waals surface area contributed by atoms with Crippen molar-refractivity contribution in [2.45, 2.75) is 25.8 Å². The van der Waals surface area contributed by atoms with E-state index < -0.39 is 5.97 Å². The predicted molar refractivity (Wildman–Crippen MR) is 66.6 cm³/mol. The Bertz CT molecular complexity index is 419. The first-order chi connectivity index (χ1) is 7.58. The molecule has 0 aliphatic heterocycles. The van der Waals surface area contributed by atoms with Gasteiger partial charge in [-0.15, -0.1) is 0 Å². The molecule has 2 unspecified atom stereocenters. The van der Waals surface area contributed by atoms with Gasteiger partial charge in [0.15, 0.2) is 0 Å². The van der Waals surface area contributed by atoms with Gasteiger partial charge in [0.1, 0.15) is 0 Å². The topological polar surface area (TPSA) is 49.3 Å². The molecule has 1 saturated carbocycles. The van der Waals surface area contributed by atoms with Crippen molar-refractivity contribution in [1.29, 1.82) is 0 Å². The van der Waals surface area contributed by atoms with Crippen LogP contribution in [0.3, 0.4) is 0 Å². The average molecular weight is 284 g/mol. The molecule has 0 saturated heterocycles. The molecule has 1 aliphatic rings. The Morgan fingerprint density at radius 1 is 1.50 bits per heavy atom. The van der Waals surface area contributed by atoms with E-state index >= 15 is 0 Å². The van der Waals surface area contributed by atoms with Gasteiger partial charge in [-0.1, -0.05) is 15.9 Å². The van der Waals surface area contributed by atoms with Gasteiger partial charge < -0.3 is 10.4 Å². The Balaban J connectivity index is 2.07. The highest BCUT2D eigenvalue weighted by Crippen LogP contribution is 2.32. The van der Waals surface area contributed by atoms with Crippen molar-refractivity contribution in [2.75, 3.05) is 5.32 Å². The first-order valence-electron chi connectivity index (χ1n) is 5.33. The van der Waals surface area contributed by atoms with E-state index in [1.807, 2.05) is 25.1 Å². The van der Waals surface area contributed by atoms with Gasteiger partial charge in [0.25, 0.3) is 0 Å². The van der Waals surface area contributed by atoms with E-state index in [0.717, 1.165) is 28.6 Å². The van der Waals surface area contributed by atoms with Crippen LogP contribution < -0.4 is 5.32 Å². The Labute approximate surface area is 103 Å². The fraction of sp³-hybridized carbons (Fsp3) is 0.417. The van der Waals surface area contributed by atoms with Crippen molar-refractivity contribution in [1.82, 2.24) is 0 Å². The second-order valence-corrected chi connectivity index (χ2v) is 5.15. The number of hydrogen-bond acceptors (Lipinski definition) is 2. The molecule has 0 aromatic heterocycles. The smallest absolute Gasteiger partial charge is 0.308 e. The Hall–Kier alpha value is -1.03. The molecule has 4 heteroatoms. The molecule has 16 heavy (non-hydrogen) atoms. The summed E-state index contributed by atoms with van der Waals surface area (Å²) >= 11 is 3.41. The summed E-state index contributed by atoms with van der Waals surface area (Å²) in [4.78, 5) is 10.9. The van der Waals surface area contributed by atoms with Gasteiger partial charge in [0.05, 0.1) is 5.92 Å². The third-order valence-corrected chi connectivity index (χ3v) is 3.61. The van der Waals surface area contributed by atoms with Crippen molar-refractivity contribution in [3.05, 3.63) is 28.2 Å². The number of carbonyl (C=O) groups is 1. The zero-order valence-corrected chi connectivity index (χ0v) is 10.6. The molecule has 1 aromatic rings. The molecule has 2 rings (SSSR count). The molecule has 1 aromatic carbocycles. The van der Waals surface area contributed by atoms with Crippen molar-refractivity contribution < 1.29 is 9.90 Å². The summed E-state index contributed by atoms with van der Waals surface area (Å²) in [6, 6.07) is 6.05. The van der Waals surface area contributed by atoms with Crippen molar-refractivity contribution in [2.24, 2.45) is 5.92 Å². The SMILES string of the molecule is Cc1cc(Br)ccc1NC1CCC1C(=O)O. The lowest BCUT2D eigenvalue weighted by molar-refractivity contribution is -0.144. The quantitative estimate of drug-likeness (QED) is 0.897. The normalized spacial score (nSPS) is 23.6. The summed E-state index contributed by atoms with van der Waals surface area (Å²) < 4.78 is 1.04. The molecule has 3 nitrogen and oxygen atoms in total. The first-order valence-corrected chi connectivity index (χ1v) is 6.12. The molecule has 2 atom stereocenters. The maximum Gasteiger partial charge on any atom is 0.308 e. The Morgan fingerprint density at radius 2 is 2.25 bits per heavy atom. The Morgan fingerprint density at radius 3 is 2.75 bits per heavy atom. The summed E-state index contributed by atoms with van der Waals surface area (Å²) in [5.74, 6) is -0.929. The lowest BCUT2D eigenvalue weighted by Gasteiger charge is -2.35. The number of anilines is 1. The van der Waals surface area contributed by atoms with Gasteiger partial charge in [-0.05, 0) is 43.5 Å². The van der Waals surface area contributed by atoms with E-state index in [2.05, 4.69) is 21.2 Å². The van der Waals surface area contributed by atoms with E-state index in [1.54, 1.807) is 0 Å². The minimum atomic E-state index is -0.696. The van der Waals surface area contributed by atoms with Crippen LogP contribution in [0.25, 0.3) is 0 Å². The highest BCUT2D eigenvalue weighted by Gasteiger charge is 2.36. The van der Waals surface area contributed by atoms with Gasteiger partial charge in [0.2, 0.25) is 0 Å². The number of carboxylic acids is 1. The van der Waals surface area contributed by atoms with E-state index in [1.165, 1.54) is 0 Å². The largest absolute Gasteiger partial charge is 0.481 e. The molecule has 0 bridgehead atoms. The zero-order chi connectivity index (χ0) is 11.7. The van der Waals surface area contributed by atoms with Gasteiger partial charge >= 0.3 is 5.97 Å². The number of aryl methyl sites for hydroxylation is 1. The van der Waals surface area contributed by atoms with Crippen LogP contribution in [0.5, 0.6) is 0 Å². The predicted octanol–water partition coefficient (Wildman–Crippen LogP) is 3.03. The van der Waals surface area contributed by atoms with Crippen LogP contribution in [-0.4, -0.2) is 17.1 Å². The van der Waals surface area contributed by atoms with Crippen molar-refractivity contribution in [3.8, 4) is 0 Å². The number of rotatable bonds is 3. The second-order valence-electron chi connectivity index (χ2n) is 4.23. The third kappa shape index (κ3) is 2.21. The molecule has 1 fully saturated rings. The monoisotopic (exact) mass is 283 g/mol. The molecule has 2 N–H and O–H groups in total.